The summed E-state index contributed by atoms with van der Waals surface area (Å²) >= 11 is 0. The average Bonchev–Trinajstić information content (AvgIpc) is 2.76. The van der Waals surface area contributed by atoms with Gasteiger partial charge < -0.3 is 26.0 Å². The maximum Gasteiger partial charge on any atom is 0.221 e. The summed E-state index contributed by atoms with van der Waals surface area (Å²) in [5.74, 6) is 2.19. The van der Waals surface area contributed by atoms with Crippen LogP contribution in [0.3, 0.4) is 0 Å². The predicted molar refractivity (Wildman–Crippen MR) is 127 cm³/mol. The summed E-state index contributed by atoms with van der Waals surface area (Å²) in [5.41, 5.74) is 15.3. The first-order valence-electron chi connectivity index (χ1n) is 10.5. The Hall–Kier alpha value is -4.00. The molecule has 1 heterocycles. The Kier molecular flexibility index (Phi) is 5.98. The Labute approximate surface area is 186 Å². The van der Waals surface area contributed by atoms with Gasteiger partial charge >= 0.3 is 0 Å². The molecular weight excluding hydrogens is 404 g/mol. The summed E-state index contributed by atoms with van der Waals surface area (Å²) in [6.45, 7) is 4.92. The molecule has 3 aromatic carbocycles. The lowest BCUT2D eigenvalue weighted by Crippen LogP contribution is -2.05. The van der Waals surface area contributed by atoms with Crippen LogP contribution in [0.4, 0.5) is 11.8 Å². The second-order valence-electron chi connectivity index (χ2n) is 7.39. The third-order valence-electron chi connectivity index (χ3n) is 5.15. The molecule has 0 bridgehead atoms. The highest BCUT2D eigenvalue weighted by atomic mass is 16.5. The first-order chi connectivity index (χ1) is 15.5. The van der Waals surface area contributed by atoms with E-state index in [0.29, 0.717) is 25.5 Å². The zero-order valence-corrected chi connectivity index (χ0v) is 18.1. The van der Waals surface area contributed by atoms with Gasteiger partial charge in [0, 0.05) is 18.2 Å². The van der Waals surface area contributed by atoms with Crippen LogP contribution in [0.2, 0.25) is 0 Å². The standard InChI is InChI=1S/C25H26N4O3/c1-3-31-21-10-15(9-19-14-28-25(27)29-24(19)26)11-22(32-4-2)23(21)18-6-5-17-13-20(30)8-7-16(17)12-18/h5-8,10-14,30H,3-4,9H2,1-2H3,(H4,26,27,28,29). The van der Waals surface area contributed by atoms with Gasteiger partial charge in [-0.05, 0) is 66.1 Å². The SMILES string of the molecule is CCOc1cc(Cc2cnc(N)nc2N)cc(OCC)c1-c1ccc2cc(O)ccc2c1. The van der Waals surface area contributed by atoms with Crippen molar-refractivity contribution in [2.75, 3.05) is 24.7 Å². The summed E-state index contributed by atoms with van der Waals surface area (Å²) in [5, 5.41) is 11.7. The molecule has 7 nitrogen and oxygen atoms in total. The Morgan fingerprint density at radius 3 is 2.19 bits per heavy atom. The van der Waals surface area contributed by atoms with Gasteiger partial charge in [0.25, 0.3) is 0 Å². The number of nitrogen functional groups attached to an aromatic ring is 2. The minimum atomic E-state index is 0.149. The molecule has 1 aromatic heterocycles. The number of fused-ring (bicyclic) bond motifs is 1. The van der Waals surface area contributed by atoms with E-state index in [1.54, 1.807) is 18.3 Å². The van der Waals surface area contributed by atoms with Gasteiger partial charge in [0.2, 0.25) is 5.95 Å². The van der Waals surface area contributed by atoms with Crippen molar-refractivity contribution in [3.63, 3.8) is 0 Å². The van der Waals surface area contributed by atoms with E-state index >= 15 is 0 Å². The van der Waals surface area contributed by atoms with E-state index in [1.807, 2.05) is 44.2 Å². The lowest BCUT2D eigenvalue weighted by molar-refractivity contribution is 0.325. The lowest BCUT2D eigenvalue weighted by atomic mass is 9.96. The molecule has 7 heteroatoms. The summed E-state index contributed by atoms with van der Waals surface area (Å²) in [6, 6.07) is 15.4. The molecule has 0 aliphatic carbocycles. The van der Waals surface area contributed by atoms with E-state index in [-0.39, 0.29) is 11.7 Å². The molecule has 0 atom stereocenters. The number of hydrogen-bond acceptors (Lipinski definition) is 7. The second-order valence-corrected chi connectivity index (χ2v) is 7.39. The van der Waals surface area contributed by atoms with Gasteiger partial charge in [-0.2, -0.15) is 4.98 Å². The van der Waals surface area contributed by atoms with Crippen LogP contribution in [0.5, 0.6) is 17.2 Å². The normalized spacial score (nSPS) is 10.9. The van der Waals surface area contributed by atoms with Crippen LogP contribution in [0.1, 0.15) is 25.0 Å². The largest absolute Gasteiger partial charge is 0.508 e. The molecule has 164 valence electrons. The van der Waals surface area contributed by atoms with E-state index in [2.05, 4.69) is 16.0 Å². The zero-order chi connectivity index (χ0) is 22.7. The van der Waals surface area contributed by atoms with Gasteiger partial charge in [0.1, 0.15) is 23.1 Å². The maximum absolute atomic E-state index is 9.77. The maximum atomic E-state index is 9.77. The molecule has 0 amide bonds. The van der Waals surface area contributed by atoms with Crippen molar-refractivity contribution in [1.82, 2.24) is 9.97 Å². The lowest BCUT2D eigenvalue weighted by Gasteiger charge is -2.18. The number of rotatable bonds is 7. The molecule has 0 radical (unpaired) electrons. The number of anilines is 2. The molecule has 0 saturated heterocycles. The third-order valence-corrected chi connectivity index (χ3v) is 5.15. The van der Waals surface area contributed by atoms with Crippen molar-refractivity contribution < 1.29 is 14.6 Å². The number of phenolic OH excluding ortho intramolecular Hbond substituents is 1. The number of phenols is 1. The molecule has 32 heavy (non-hydrogen) atoms. The van der Waals surface area contributed by atoms with E-state index in [0.717, 1.165) is 44.5 Å². The van der Waals surface area contributed by atoms with Gasteiger partial charge in [-0.3, -0.25) is 0 Å². The van der Waals surface area contributed by atoms with Crippen LogP contribution in [0.15, 0.2) is 54.7 Å². The molecular formula is C25H26N4O3. The molecule has 0 saturated carbocycles. The number of ether oxygens (including phenoxy) is 2. The molecule has 0 fully saturated rings. The van der Waals surface area contributed by atoms with Gasteiger partial charge in [-0.15, -0.1) is 0 Å². The van der Waals surface area contributed by atoms with Gasteiger partial charge in [0.05, 0.1) is 18.8 Å². The van der Waals surface area contributed by atoms with Gasteiger partial charge in [-0.1, -0.05) is 18.2 Å². The van der Waals surface area contributed by atoms with Crippen LogP contribution < -0.4 is 20.9 Å². The summed E-state index contributed by atoms with van der Waals surface area (Å²) in [7, 11) is 0. The quantitative estimate of drug-likeness (QED) is 0.394. The van der Waals surface area contributed by atoms with Crippen LogP contribution in [0, 0.1) is 0 Å². The van der Waals surface area contributed by atoms with Crippen molar-refractivity contribution in [3.05, 3.63) is 65.9 Å². The molecule has 4 aromatic rings. The summed E-state index contributed by atoms with van der Waals surface area (Å²) < 4.78 is 12.1. The first-order valence-corrected chi connectivity index (χ1v) is 10.5. The molecule has 0 unspecified atom stereocenters. The monoisotopic (exact) mass is 430 g/mol. The van der Waals surface area contributed by atoms with E-state index in [9.17, 15) is 5.11 Å². The van der Waals surface area contributed by atoms with Crippen LogP contribution >= 0.6 is 0 Å². The van der Waals surface area contributed by atoms with Crippen molar-refractivity contribution >= 4 is 22.5 Å². The number of nitrogens with zero attached hydrogens (tertiary/aromatic N) is 2. The fraction of sp³-hybridized carbons (Fsp3) is 0.200. The highest BCUT2D eigenvalue weighted by Crippen LogP contribution is 2.41. The number of benzene rings is 3. The van der Waals surface area contributed by atoms with Crippen LogP contribution in [-0.2, 0) is 6.42 Å². The third kappa shape index (κ3) is 4.37. The van der Waals surface area contributed by atoms with Crippen molar-refractivity contribution in [1.29, 1.82) is 0 Å². The number of hydrogen-bond donors (Lipinski definition) is 3. The van der Waals surface area contributed by atoms with Crippen molar-refractivity contribution in [3.8, 4) is 28.4 Å². The van der Waals surface area contributed by atoms with Crippen LogP contribution in [-0.4, -0.2) is 28.3 Å². The van der Waals surface area contributed by atoms with Crippen LogP contribution in [0.25, 0.3) is 21.9 Å². The van der Waals surface area contributed by atoms with E-state index in [1.165, 1.54) is 0 Å². The first kappa shape index (κ1) is 21.2. The van der Waals surface area contributed by atoms with Crippen molar-refractivity contribution in [2.45, 2.75) is 20.3 Å². The van der Waals surface area contributed by atoms with E-state index in [4.69, 9.17) is 20.9 Å². The molecule has 0 spiro atoms. The second kappa shape index (κ2) is 9.01. The molecule has 0 aliphatic heterocycles. The van der Waals surface area contributed by atoms with E-state index < -0.39 is 0 Å². The number of nitrogens with two attached hydrogens (primary N) is 2. The number of aromatic nitrogens is 2. The fourth-order valence-electron chi connectivity index (χ4n) is 3.75. The summed E-state index contributed by atoms with van der Waals surface area (Å²) in [6.07, 6.45) is 2.16. The minimum Gasteiger partial charge on any atom is -0.508 e. The minimum absolute atomic E-state index is 0.149. The smallest absolute Gasteiger partial charge is 0.221 e. The topological polar surface area (TPSA) is 117 Å². The fourth-order valence-corrected chi connectivity index (χ4v) is 3.75. The Morgan fingerprint density at radius 2 is 1.53 bits per heavy atom. The number of aromatic hydroxyl groups is 1. The van der Waals surface area contributed by atoms with Gasteiger partial charge in [0.15, 0.2) is 0 Å². The van der Waals surface area contributed by atoms with Crippen molar-refractivity contribution in [2.24, 2.45) is 0 Å². The summed E-state index contributed by atoms with van der Waals surface area (Å²) in [4.78, 5) is 8.11. The molecule has 0 aliphatic rings. The highest BCUT2D eigenvalue weighted by Gasteiger charge is 2.17. The predicted octanol–water partition coefficient (Wildman–Crippen LogP) is 4.56. The average molecular weight is 431 g/mol. The Morgan fingerprint density at radius 1 is 0.875 bits per heavy atom. The molecule has 4 rings (SSSR count). The van der Waals surface area contributed by atoms with Gasteiger partial charge in [-0.25, -0.2) is 4.98 Å². The molecule has 5 N–H and O–H groups in total. The zero-order valence-electron chi connectivity index (χ0n) is 18.1. The highest BCUT2D eigenvalue weighted by molar-refractivity contribution is 5.90. The Balaban J connectivity index is 1.83. The Bertz CT molecular complexity index is 1250.